The van der Waals surface area contributed by atoms with Crippen LogP contribution in [0.25, 0.3) is 0 Å². The van der Waals surface area contributed by atoms with Gasteiger partial charge in [-0.1, -0.05) is 27.2 Å². The molecule has 0 aliphatic carbocycles. The number of hydrogen-bond donors (Lipinski definition) is 1. The van der Waals surface area contributed by atoms with Crippen LogP contribution in [0.15, 0.2) is 0 Å². The molecule has 0 aromatic carbocycles. The second kappa shape index (κ2) is 9.42. The SMILES string of the molecule is CCCNC(CCN1CCC(C)(CC)CC1)C(=O)OCC. The third kappa shape index (κ3) is 6.35. The van der Waals surface area contributed by atoms with Crippen molar-refractivity contribution >= 4 is 5.97 Å². The number of hydrogen-bond acceptors (Lipinski definition) is 4. The average Bonchev–Trinajstić information content (AvgIpc) is 2.49. The molecule has 0 aromatic rings. The Labute approximate surface area is 130 Å². The molecule has 124 valence electrons. The van der Waals surface area contributed by atoms with Gasteiger partial charge in [-0.2, -0.15) is 0 Å². The molecule has 1 rings (SSSR count). The van der Waals surface area contributed by atoms with E-state index >= 15 is 0 Å². The predicted molar refractivity (Wildman–Crippen MR) is 87.4 cm³/mol. The summed E-state index contributed by atoms with van der Waals surface area (Å²) in [5.41, 5.74) is 0.525. The molecule has 1 fully saturated rings. The van der Waals surface area contributed by atoms with Crippen LogP contribution in [0, 0.1) is 5.41 Å². The van der Waals surface area contributed by atoms with Gasteiger partial charge in [-0.05, 0) is 57.7 Å². The number of esters is 1. The lowest BCUT2D eigenvalue weighted by atomic mass is 9.78. The summed E-state index contributed by atoms with van der Waals surface area (Å²) in [6.45, 7) is 13.3. The third-order valence-corrected chi connectivity index (χ3v) is 4.86. The smallest absolute Gasteiger partial charge is 0.323 e. The van der Waals surface area contributed by atoms with E-state index in [-0.39, 0.29) is 12.0 Å². The van der Waals surface area contributed by atoms with Crippen molar-refractivity contribution in [3.8, 4) is 0 Å². The maximum absolute atomic E-state index is 12.0. The fourth-order valence-electron chi connectivity index (χ4n) is 2.85. The van der Waals surface area contributed by atoms with Gasteiger partial charge in [-0.15, -0.1) is 0 Å². The molecule has 0 saturated carbocycles. The van der Waals surface area contributed by atoms with Crippen molar-refractivity contribution in [1.29, 1.82) is 0 Å². The maximum Gasteiger partial charge on any atom is 0.323 e. The summed E-state index contributed by atoms with van der Waals surface area (Å²) in [5, 5.41) is 3.32. The number of rotatable bonds is 9. The van der Waals surface area contributed by atoms with Gasteiger partial charge in [0, 0.05) is 6.54 Å². The van der Waals surface area contributed by atoms with Gasteiger partial charge >= 0.3 is 5.97 Å². The molecule has 1 N–H and O–H groups in total. The van der Waals surface area contributed by atoms with Crippen molar-refractivity contribution in [2.75, 3.05) is 32.8 Å². The minimum absolute atomic E-state index is 0.0960. The molecule has 1 unspecified atom stereocenters. The van der Waals surface area contributed by atoms with Crippen molar-refractivity contribution in [3.05, 3.63) is 0 Å². The van der Waals surface area contributed by atoms with Gasteiger partial charge in [0.2, 0.25) is 0 Å². The van der Waals surface area contributed by atoms with E-state index in [1.807, 2.05) is 6.92 Å². The average molecular weight is 298 g/mol. The first-order chi connectivity index (χ1) is 10.0. The van der Waals surface area contributed by atoms with E-state index in [9.17, 15) is 4.79 Å². The zero-order chi connectivity index (χ0) is 15.7. The minimum Gasteiger partial charge on any atom is -0.465 e. The minimum atomic E-state index is -0.149. The van der Waals surface area contributed by atoms with E-state index in [0.717, 1.165) is 39.0 Å². The largest absolute Gasteiger partial charge is 0.465 e. The van der Waals surface area contributed by atoms with Crippen molar-refractivity contribution in [1.82, 2.24) is 10.2 Å². The van der Waals surface area contributed by atoms with E-state index in [2.05, 4.69) is 31.0 Å². The lowest BCUT2D eigenvalue weighted by Crippen LogP contribution is -2.44. The number of likely N-dealkylation sites (tertiary alicyclic amines) is 1. The van der Waals surface area contributed by atoms with Crippen LogP contribution in [-0.4, -0.2) is 49.7 Å². The molecule has 0 aromatic heterocycles. The molecule has 0 spiro atoms. The normalized spacial score (nSPS) is 20.2. The summed E-state index contributed by atoms with van der Waals surface area (Å²) in [6, 6.07) is -0.149. The quantitative estimate of drug-likeness (QED) is 0.665. The predicted octanol–water partition coefficient (Wildman–Crippen LogP) is 2.82. The monoisotopic (exact) mass is 298 g/mol. The van der Waals surface area contributed by atoms with Gasteiger partial charge in [-0.3, -0.25) is 4.79 Å². The number of piperidine rings is 1. The van der Waals surface area contributed by atoms with Crippen LogP contribution >= 0.6 is 0 Å². The number of carbonyl (C=O) groups excluding carboxylic acids is 1. The molecule has 21 heavy (non-hydrogen) atoms. The summed E-state index contributed by atoms with van der Waals surface area (Å²) >= 11 is 0. The van der Waals surface area contributed by atoms with Gasteiger partial charge in [0.15, 0.2) is 0 Å². The van der Waals surface area contributed by atoms with E-state index in [4.69, 9.17) is 4.74 Å². The fourth-order valence-corrected chi connectivity index (χ4v) is 2.85. The van der Waals surface area contributed by atoms with E-state index in [1.165, 1.54) is 19.3 Å². The van der Waals surface area contributed by atoms with Crippen molar-refractivity contribution in [3.63, 3.8) is 0 Å². The number of carbonyl (C=O) groups is 1. The van der Waals surface area contributed by atoms with Crippen LogP contribution in [0.5, 0.6) is 0 Å². The second-order valence-corrected chi connectivity index (χ2v) is 6.55. The maximum atomic E-state index is 12.0. The Bertz CT molecular complexity index is 299. The topological polar surface area (TPSA) is 41.6 Å². The number of ether oxygens (including phenoxy) is 1. The van der Waals surface area contributed by atoms with Crippen molar-refractivity contribution < 1.29 is 9.53 Å². The van der Waals surface area contributed by atoms with Crippen molar-refractivity contribution in [2.24, 2.45) is 5.41 Å². The lowest BCUT2D eigenvalue weighted by molar-refractivity contribution is -0.146. The van der Waals surface area contributed by atoms with E-state index in [1.54, 1.807) is 0 Å². The first-order valence-electron chi connectivity index (χ1n) is 8.67. The fraction of sp³-hybridized carbons (Fsp3) is 0.941. The Hall–Kier alpha value is -0.610. The van der Waals surface area contributed by atoms with E-state index < -0.39 is 0 Å². The second-order valence-electron chi connectivity index (χ2n) is 6.55. The highest BCUT2D eigenvalue weighted by Gasteiger charge is 2.29. The molecular formula is C17H34N2O2. The summed E-state index contributed by atoms with van der Waals surface area (Å²) < 4.78 is 5.17. The number of nitrogens with one attached hydrogen (secondary N) is 1. The van der Waals surface area contributed by atoms with Crippen LogP contribution in [-0.2, 0) is 9.53 Å². The summed E-state index contributed by atoms with van der Waals surface area (Å²) in [6.07, 6.45) is 5.70. The Morgan fingerprint density at radius 3 is 2.48 bits per heavy atom. The highest BCUT2D eigenvalue weighted by molar-refractivity contribution is 5.75. The molecule has 0 amide bonds. The zero-order valence-corrected chi connectivity index (χ0v) is 14.4. The highest BCUT2D eigenvalue weighted by Crippen LogP contribution is 2.33. The van der Waals surface area contributed by atoms with Crippen molar-refractivity contribution in [2.45, 2.75) is 65.8 Å². The molecule has 0 bridgehead atoms. The first-order valence-corrected chi connectivity index (χ1v) is 8.67. The molecule has 4 heteroatoms. The van der Waals surface area contributed by atoms with Crippen LogP contribution in [0.4, 0.5) is 0 Å². The van der Waals surface area contributed by atoms with Crippen LogP contribution in [0.2, 0.25) is 0 Å². The molecule has 1 aliphatic rings. The summed E-state index contributed by atoms with van der Waals surface area (Å²) in [5.74, 6) is -0.0960. The van der Waals surface area contributed by atoms with Gasteiger partial charge in [0.25, 0.3) is 0 Å². The number of nitrogens with zero attached hydrogens (tertiary/aromatic N) is 1. The summed E-state index contributed by atoms with van der Waals surface area (Å²) in [7, 11) is 0. The van der Waals surface area contributed by atoms with Gasteiger partial charge in [0.05, 0.1) is 6.61 Å². The van der Waals surface area contributed by atoms with Gasteiger partial charge < -0.3 is 15.0 Å². The molecule has 1 saturated heterocycles. The molecular weight excluding hydrogens is 264 g/mol. The molecule has 1 heterocycles. The highest BCUT2D eigenvalue weighted by atomic mass is 16.5. The Morgan fingerprint density at radius 1 is 1.29 bits per heavy atom. The Kier molecular flexibility index (Phi) is 8.27. The van der Waals surface area contributed by atoms with Gasteiger partial charge in [0.1, 0.15) is 6.04 Å². The van der Waals surface area contributed by atoms with Crippen LogP contribution < -0.4 is 5.32 Å². The van der Waals surface area contributed by atoms with Gasteiger partial charge in [-0.25, -0.2) is 0 Å². The van der Waals surface area contributed by atoms with E-state index in [0.29, 0.717) is 12.0 Å². The van der Waals surface area contributed by atoms with Crippen LogP contribution in [0.1, 0.15) is 59.8 Å². The molecule has 0 radical (unpaired) electrons. The standard InChI is InChI=1S/C17H34N2O2/c1-5-11-18-15(16(20)21-7-3)8-12-19-13-9-17(4,6-2)10-14-19/h15,18H,5-14H2,1-4H3. The Balaban J connectivity index is 2.37. The molecule has 4 nitrogen and oxygen atoms in total. The third-order valence-electron chi connectivity index (χ3n) is 4.86. The first kappa shape index (κ1) is 18.4. The molecule has 1 aliphatic heterocycles. The zero-order valence-electron chi connectivity index (χ0n) is 14.4. The Morgan fingerprint density at radius 2 is 1.95 bits per heavy atom. The molecule has 1 atom stereocenters. The van der Waals surface area contributed by atoms with Crippen LogP contribution in [0.3, 0.4) is 0 Å². The summed E-state index contributed by atoms with van der Waals surface area (Å²) in [4.78, 5) is 14.5. The lowest BCUT2D eigenvalue weighted by Gasteiger charge is -2.39.